The molecule has 3 amide bonds. The molecular formula is C34H40FN7O3S. The number of fused-ring (bicyclic) bond motifs is 1. The monoisotopic (exact) mass is 645 g/mol. The third kappa shape index (κ3) is 7.29. The number of likely N-dealkylation sites (N-methyl/N-ethyl adjacent to an activating group) is 1. The zero-order valence-electron chi connectivity index (χ0n) is 26.1. The van der Waals surface area contributed by atoms with Gasteiger partial charge in [0.05, 0.1) is 27.5 Å². The van der Waals surface area contributed by atoms with Crippen molar-refractivity contribution in [1.82, 2.24) is 30.0 Å². The second-order valence-corrected chi connectivity index (χ2v) is 14.0. The van der Waals surface area contributed by atoms with E-state index in [0.29, 0.717) is 23.8 Å². The zero-order valence-corrected chi connectivity index (χ0v) is 26.9. The second-order valence-electron chi connectivity index (χ2n) is 12.8. The van der Waals surface area contributed by atoms with Crippen LogP contribution in [-0.2, 0) is 17.8 Å². The summed E-state index contributed by atoms with van der Waals surface area (Å²) in [6.07, 6.45) is 8.29. The minimum absolute atomic E-state index is 0.0724. The molecule has 46 heavy (non-hydrogen) atoms. The molecule has 0 bridgehead atoms. The maximum Gasteiger partial charge on any atom is 0.319 e. The molecule has 242 valence electrons. The summed E-state index contributed by atoms with van der Waals surface area (Å²) in [6, 6.07) is 10.3. The Morgan fingerprint density at radius 1 is 1.02 bits per heavy atom. The number of urea groups is 1. The van der Waals surface area contributed by atoms with Gasteiger partial charge < -0.3 is 25.2 Å². The normalized spacial score (nSPS) is 21.9. The first-order valence-electron chi connectivity index (χ1n) is 16.2. The van der Waals surface area contributed by atoms with Crippen molar-refractivity contribution in [3.05, 3.63) is 71.6 Å². The van der Waals surface area contributed by atoms with E-state index in [1.807, 2.05) is 6.20 Å². The number of likely N-dealkylation sites (tertiary alicyclic amines) is 1. The number of ether oxygens (including phenoxy) is 1. The van der Waals surface area contributed by atoms with Crippen LogP contribution in [0, 0.1) is 11.7 Å². The van der Waals surface area contributed by atoms with Crippen LogP contribution in [0.25, 0.3) is 0 Å². The fourth-order valence-electron chi connectivity index (χ4n) is 6.37. The van der Waals surface area contributed by atoms with Gasteiger partial charge in [-0.3, -0.25) is 19.7 Å². The Bertz CT molecular complexity index is 1580. The summed E-state index contributed by atoms with van der Waals surface area (Å²) >= 11 is 1.63. The van der Waals surface area contributed by atoms with Gasteiger partial charge in [0.25, 0.3) is 0 Å². The van der Waals surface area contributed by atoms with Crippen LogP contribution in [0.3, 0.4) is 0 Å². The number of carbonyl (C=O) groups is 2. The largest absolute Gasteiger partial charge is 0.453 e. The van der Waals surface area contributed by atoms with E-state index in [1.165, 1.54) is 12.1 Å². The molecule has 3 fully saturated rings. The van der Waals surface area contributed by atoms with Crippen molar-refractivity contribution in [3.8, 4) is 11.5 Å². The van der Waals surface area contributed by atoms with Gasteiger partial charge >= 0.3 is 6.03 Å². The van der Waals surface area contributed by atoms with E-state index < -0.39 is 5.82 Å². The Kier molecular flexibility index (Phi) is 9.10. The van der Waals surface area contributed by atoms with Crippen LogP contribution in [-0.4, -0.2) is 89.0 Å². The van der Waals surface area contributed by atoms with Gasteiger partial charge in [0.2, 0.25) is 5.91 Å². The van der Waals surface area contributed by atoms with Crippen molar-refractivity contribution in [2.45, 2.75) is 54.8 Å². The number of amides is 3. The van der Waals surface area contributed by atoms with Gasteiger partial charge in [-0.1, -0.05) is 6.07 Å². The van der Waals surface area contributed by atoms with Crippen LogP contribution in [0.1, 0.15) is 47.9 Å². The molecule has 2 unspecified atom stereocenters. The molecule has 0 spiro atoms. The lowest BCUT2D eigenvalue weighted by Crippen LogP contribution is -2.51. The van der Waals surface area contributed by atoms with Gasteiger partial charge in [0, 0.05) is 81.9 Å². The standard InChI is InChI=1S/C34H40FN7O3S/c1-40-13-15-42(16-14-40)33(43)23-3-2-12-41(21-23)20-22-4-8-27(37-19-22)31-18-28-32(46-31)30(10-11-36-28)45-29-9-7-25(17-26(29)35)39-34(44)38-24-5-6-24/h4,7-11,17,19,23-24,31H,2-3,5-6,12-16,18,20-21H2,1H3,(H2,38,39,44). The number of halogens is 1. The summed E-state index contributed by atoms with van der Waals surface area (Å²) in [6.45, 7) is 6.11. The van der Waals surface area contributed by atoms with E-state index in [1.54, 1.807) is 30.1 Å². The number of hydrogen-bond acceptors (Lipinski definition) is 8. The number of anilines is 1. The Labute approximate surface area is 273 Å². The van der Waals surface area contributed by atoms with Gasteiger partial charge in [0.15, 0.2) is 11.6 Å². The Morgan fingerprint density at radius 2 is 1.87 bits per heavy atom. The predicted molar refractivity (Wildman–Crippen MR) is 175 cm³/mol. The number of piperidine rings is 1. The number of nitrogens with one attached hydrogen (secondary N) is 2. The molecule has 2 N–H and O–H groups in total. The van der Waals surface area contributed by atoms with Crippen molar-refractivity contribution >= 4 is 29.4 Å². The Morgan fingerprint density at radius 3 is 2.63 bits per heavy atom. The zero-order chi connectivity index (χ0) is 31.6. The lowest BCUT2D eigenvalue weighted by atomic mass is 9.95. The first-order valence-corrected chi connectivity index (χ1v) is 17.1. The van der Waals surface area contributed by atoms with E-state index in [0.717, 1.165) is 93.3 Å². The van der Waals surface area contributed by atoms with Gasteiger partial charge in [-0.05, 0) is 63.0 Å². The van der Waals surface area contributed by atoms with Crippen LogP contribution >= 0.6 is 11.8 Å². The summed E-state index contributed by atoms with van der Waals surface area (Å²) in [7, 11) is 2.11. The number of rotatable bonds is 8. The molecule has 0 radical (unpaired) electrons. The summed E-state index contributed by atoms with van der Waals surface area (Å²) in [5.41, 5.74) is 3.37. The first-order chi connectivity index (χ1) is 22.4. The molecule has 1 aromatic carbocycles. The lowest BCUT2D eigenvalue weighted by molar-refractivity contribution is -0.139. The number of hydrogen-bond donors (Lipinski definition) is 2. The minimum atomic E-state index is -0.560. The van der Waals surface area contributed by atoms with Crippen molar-refractivity contribution in [3.63, 3.8) is 0 Å². The quantitative estimate of drug-likeness (QED) is 0.350. The highest BCUT2D eigenvalue weighted by atomic mass is 32.2. The predicted octanol–water partition coefficient (Wildman–Crippen LogP) is 5.07. The van der Waals surface area contributed by atoms with Crippen molar-refractivity contribution in [2.24, 2.45) is 5.92 Å². The van der Waals surface area contributed by atoms with Crippen LogP contribution in [0.15, 0.2) is 53.7 Å². The van der Waals surface area contributed by atoms with E-state index in [-0.39, 0.29) is 29.0 Å². The highest BCUT2D eigenvalue weighted by Crippen LogP contribution is 2.50. The van der Waals surface area contributed by atoms with Gasteiger partial charge in [-0.2, -0.15) is 0 Å². The number of thioether (sulfide) groups is 1. The fourth-order valence-corrected chi connectivity index (χ4v) is 7.66. The summed E-state index contributed by atoms with van der Waals surface area (Å²) in [5.74, 6) is 0.453. The number of nitrogens with zero attached hydrogens (tertiary/aromatic N) is 5. The van der Waals surface area contributed by atoms with Crippen LogP contribution < -0.4 is 15.4 Å². The molecule has 2 atom stereocenters. The van der Waals surface area contributed by atoms with E-state index in [9.17, 15) is 14.0 Å². The van der Waals surface area contributed by atoms with E-state index in [4.69, 9.17) is 9.72 Å². The number of pyridine rings is 2. The van der Waals surface area contributed by atoms with E-state index >= 15 is 0 Å². The van der Waals surface area contributed by atoms with Gasteiger partial charge in [-0.15, -0.1) is 11.8 Å². The van der Waals surface area contributed by atoms with E-state index in [2.05, 4.69) is 49.5 Å². The molecule has 4 aliphatic rings. The summed E-state index contributed by atoms with van der Waals surface area (Å²) in [4.78, 5) is 42.2. The molecule has 1 aliphatic carbocycles. The van der Waals surface area contributed by atoms with Gasteiger partial charge in [0.1, 0.15) is 5.75 Å². The van der Waals surface area contributed by atoms with Gasteiger partial charge in [-0.25, -0.2) is 9.18 Å². The molecule has 12 heteroatoms. The number of benzene rings is 1. The van der Waals surface area contributed by atoms with Crippen LogP contribution in [0.2, 0.25) is 0 Å². The number of aromatic nitrogens is 2. The number of carbonyl (C=O) groups excluding carboxylic acids is 2. The smallest absolute Gasteiger partial charge is 0.319 e. The third-order valence-electron chi connectivity index (χ3n) is 9.16. The molecular weight excluding hydrogens is 605 g/mol. The highest BCUT2D eigenvalue weighted by molar-refractivity contribution is 8.00. The lowest BCUT2D eigenvalue weighted by Gasteiger charge is -2.38. The molecule has 10 nitrogen and oxygen atoms in total. The minimum Gasteiger partial charge on any atom is -0.453 e. The van der Waals surface area contributed by atoms with Crippen LogP contribution in [0.5, 0.6) is 11.5 Å². The SMILES string of the molecule is CN1CCN(C(=O)C2CCCN(Cc3ccc(C4Cc5nccc(Oc6ccc(NC(=O)NC7CC7)cc6F)c5S4)nc3)C2)CC1. The maximum absolute atomic E-state index is 15.0. The van der Waals surface area contributed by atoms with Crippen LogP contribution in [0.4, 0.5) is 14.9 Å². The van der Waals surface area contributed by atoms with Crippen molar-refractivity contribution in [1.29, 1.82) is 0 Å². The summed E-state index contributed by atoms with van der Waals surface area (Å²) in [5, 5.41) is 5.57. The first kappa shape index (κ1) is 30.9. The molecule has 2 saturated heterocycles. The highest BCUT2D eigenvalue weighted by Gasteiger charge is 2.32. The molecule has 3 aliphatic heterocycles. The third-order valence-corrected chi connectivity index (χ3v) is 10.5. The van der Waals surface area contributed by atoms with Crippen molar-refractivity contribution in [2.75, 3.05) is 51.6 Å². The maximum atomic E-state index is 15.0. The Balaban J connectivity index is 0.945. The average Bonchev–Trinajstić information content (AvgIpc) is 3.76. The Hall–Kier alpha value is -3.74. The fraction of sp³-hybridized carbons (Fsp3) is 0.471. The molecule has 2 aromatic heterocycles. The molecule has 3 aromatic rings. The average molecular weight is 646 g/mol. The molecule has 1 saturated carbocycles. The second kappa shape index (κ2) is 13.5. The summed E-state index contributed by atoms with van der Waals surface area (Å²) < 4.78 is 21.0. The topological polar surface area (TPSA) is 103 Å². The van der Waals surface area contributed by atoms with Crippen molar-refractivity contribution < 1.29 is 18.7 Å². The molecule has 7 rings (SSSR count). The number of piperazine rings is 1. The molecule has 5 heterocycles.